The summed E-state index contributed by atoms with van der Waals surface area (Å²) in [4.78, 5) is 14.3. The van der Waals surface area contributed by atoms with Gasteiger partial charge in [-0.05, 0) is 22.8 Å². The first-order valence-corrected chi connectivity index (χ1v) is 8.37. The molecule has 0 aliphatic carbocycles. The Labute approximate surface area is 151 Å². The zero-order valence-electron chi connectivity index (χ0n) is 14.0. The summed E-state index contributed by atoms with van der Waals surface area (Å²) in [6.45, 7) is 0.165. The number of amides is 1. The molecule has 0 bridgehead atoms. The van der Waals surface area contributed by atoms with Crippen LogP contribution in [0.25, 0.3) is 11.1 Å². The summed E-state index contributed by atoms with van der Waals surface area (Å²) < 4.78 is 5.51. The Morgan fingerprint density at radius 1 is 0.923 bits per heavy atom. The summed E-state index contributed by atoms with van der Waals surface area (Å²) in [5, 5.41) is 9.77. The quantitative estimate of drug-likeness (QED) is 0.654. The van der Waals surface area contributed by atoms with E-state index >= 15 is 0 Å². The van der Waals surface area contributed by atoms with Gasteiger partial charge in [0.1, 0.15) is 6.61 Å². The third-order valence-corrected chi connectivity index (χ3v) is 4.49. The Morgan fingerprint density at radius 2 is 1.58 bits per heavy atom. The van der Waals surface area contributed by atoms with Crippen molar-refractivity contribution in [3.8, 4) is 17.2 Å². The maximum atomic E-state index is 12.9. The molecule has 1 amide bonds. The fourth-order valence-electron chi connectivity index (χ4n) is 3.29. The number of ether oxygens (including phenoxy) is 1. The van der Waals surface area contributed by atoms with Gasteiger partial charge < -0.3 is 4.74 Å². The van der Waals surface area contributed by atoms with Crippen LogP contribution in [-0.2, 0) is 11.3 Å². The minimum absolute atomic E-state index is 0.165. The van der Waals surface area contributed by atoms with Gasteiger partial charge >= 0.3 is 6.09 Å². The zero-order valence-corrected chi connectivity index (χ0v) is 14.0. The molecule has 0 N–H and O–H groups in total. The fourth-order valence-corrected chi connectivity index (χ4v) is 3.29. The third kappa shape index (κ3) is 2.70. The van der Waals surface area contributed by atoms with Gasteiger partial charge in [-0.25, -0.2) is 4.79 Å². The van der Waals surface area contributed by atoms with Crippen LogP contribution in [0.2, 0.25) is 0 Å². The Kier molecular flexibility index (Phi) is 4.12. The van der Waals surface area contributed by atoms with Crippen molar-refractivity contribution in [3.63, 3.8) is 0 Å². The highest BCUT2D eigenvalue weighted by molar-refractivity contribution is 5.98. The second-order valence-corrected chi connectivity index (χ2v) is 6.05. The average molecular weight is 340 g/mol. The van der Waals surface area contributed by atoms with Crippen molar-refractivity contribution in [1.29, 1.82) is 5.26 Å². The fraction of sp³-hybridized carbons (Fsp3) is 0.0909. The lowest BCUT2D eigenvalue weighted by atomic mass is 9.89. The molecule has 1 heterocycles. The molecule has 0 fully saturated rings. The van der Waals surface area contributed by atoms with E-state index in [0.717, 1.165) is 22.3 Å². The van der Waals surface area contributed by atoms with Crippen molar-refractivity contribution >= 4 is 11.8 Å². The molecule has 4 nitrogen and oxygen atoms in total. The molecular formula is C22H16N2O2. The summed E-state index contributed by atoms with van der Waals surface area (Å²) in [5.41, 5.74) is 4.30. The normalized spacial score (nSPS) is 14.7. The number of hydrogen-bond donors (Lipinski definition) is 0. The van der Waals surface area contributed by atoms with Crippen molar-refractivity contribution in [3.05, 3.63) is 90.0 Å². The highest BCUT2D eigenvalue weighted by atomic mass is 16.6. The van der Waals surface area contributed by atoms with Crippen LogP contribution < -0.4 is 4.90 Å². The van der Waals surface area contributed by atoms with Crippen LogP contribution in [0.1, 0.15) is 17.2 Å². The standard InChI is InChI=1S/C22H16N2O2/c23-14-21-19-12-5-4-10-17(19)18-11-6-7-13-20(18)24(21)22(25)26-15-16-8-2-1-3-9-16/h1-13,21H,15H2. The van der Waals surface area contributed by atoms with Crippen LogP contribution in [0.3, 0.4) is 0 Å². The average Bonchev–Trinajstić information content (AvgIpc) is 2.71. The van der Waals surface area contributed by atoms with E-state index in [1.54, 1.807) is 0 Å². The van der Waals surface area contributed by atoms with Crippen LogP contribution in [-0.4, -0.2) is 6.09 Å². The van der Waals surface area contributed by atoms with Crippen LogP contribution in [0, 0.1) is 11.3 Å². The Hall–Kier alpha value is -3.58. The summed E-state index contributed by atoms with van der Waals surface area (Å²) >= 11 is 0. The number of para-hydroxylation sites is 1. The largest absolute Gasteiger partial charge is 0.444 e. The number of fused-ring (bicyclic) bond motifs is 3. The van der Waals surface area contributed by atoms with Crippen molar-refractivity contribution in [2.45, 2.75) is 12.6 Å². The van der Waals surface area contributed by atoms with Crippen molar-refractivity contribution in [2.24, 2.45) is 0 Å². The SMILES string of the molecule is N#CC1c2ccccc2-c2ccccc2N1C(=O)OCc1ccccc1. The van der Waals surface area contributed by atoms with E-state index in [1.807, 2.05) is 78.9 Å². The van der Waals surface area contributed by atoms with E-state index in [0.29, 0.717) is 5.69 Å². The summed E-state index contributed by atoms with van der Waals surface area (Å²) in [5.74, 6) is 0. The van der Waals surface area contributed by atoms with Gasteiger partial charge in [0.15, 0.2) is 6.04 Å². The molecule has 4 rings (SSSR count). The van der Waals surface area contributed by atoms with Gasteiger partial charge in [0.05, 0.1) is 11.8 Å². The van der Waals surface area contributed by atoms with Gasteiger partial charge in [-0.1, -0.05) is 72.8 Å². The van der Waals surface area contributed by atoms with Crippen molar-refractivity contribution < 1.29 is 9.53 Å². The van der Waals surface area contributed by atoms with Gasteiger partial charge in [-0.15, -0.1) is 0 Å². The Bertz CT molecular complexity index is 992. The lowest BCUT2D eigenvalue weighted by molar-refractivity contribution is 0.145. The topological polar surface area (TPSA) is 53.3 Å². The van der Waals surface area contributed by atoms with Crippen LogP contribution in [0.5, 0.6) is 0 Å². The zero-order chi connectivity index (χ0) is 17.9. The molecule has 26 heavy (non-hydrogen) atoms. The number of nitriles is 1. The van der Waals surface area contributed by atoms with Crippen LogP contribution >= 0.6 is 0 Å². The first kappa shape index (κ1) is 15.9. The van der Waals surface area contributed by atoms with Gasteiger partial charge in [-0.3, -0.25) is 4.90 Å². The smallest absolute Gasteiger partial charge is 0.416 e. The molecule has 0 saturated carbocycles. The molecule has 1 unspecified atom stereocenters. The Balaban J connectivity index is 1.71. The second kappa shape index (κ2) is 6.73. The van der Waals surface area contributed by atoms with Crippen molar-refractivity contribution in [1.82, 2.24) is 0 Å². The minimum Gasteiger partial charge on any atom is -0.444 e. The number of hydrogen-bond acceptors (Lipinski definition) is 3. The highest BCUT2D eigenvalue weighted by Gasteiger charge is 2.35. The summed E-state index contributed by atoms with van der Waals surface area (Å²) in [7, 11) is 0. The molecule has 0 spiro atoms. The molecule has 1 atom stereocenters. The number of anilines is 1. The molecule has 4 heteroatoms. The molecule has 1 aliphatic rings. The number of nitrogens with zero attached hydrogens (tertiary/aromatic N) is 2. The molecule has 3 aromatic rings. The van der Waals surface area contributed by atoms with E-state index < -0.39 is 12.1 Å². The van der Waals surface area contributed by atoms with E-state index in [1.165, 1.54) is 4.90 Å². The first-order valence-electron chi connectivity index (χ1n) is 8.37. The highest BCUT2D eigenvalue weighted by Crippen LogP contribution is 2.44. The molecule has 0 radical (unpaired) electrons. The van der Waals surface area contributed by atoms with E-state index in [-0.39, 0.29) is 6.61 Å². The number of carbonyl (C=O) groups excluding carboxylic acids is 1. The van der Waals surface area contributed by atoms with Gasteiger partial charge in [0.2, 0.25) is 0 Å². The second-order valence-electron chi connectivity index (χ2n) is 6.05. The maximum Gasteiger partial charge on any atom is 0.416 e. The molecule has 0 aromatic heterocycles. The predicted molar refractivity (Wildman–Crippen MR) is 99.3 cm³/mol. The lowest BCUT2D eigenvalue weighted by Gasteiger charge is -2.34. The van der Waals surface area contributed by atoms with E-state index in [4.69, 9.17) is 4.74 Å². The first-order chi connectivity index (χ1) is 12.8. The van der Waals surface area contributed by atoms with Gasteiger partial charge in [-0.2, -0.15) is 5.26 Å². The predicted octanol–water partition coefficient (Wildman–Crippen LogP) is 5.08. The minimum atomic E-state index is -0.718. The molecule has 0 saturated heterocycles. The summed E-state index contributed by atoms with van der Waals surface area (Å²) in [6.07, 6.45) is -0.526. The molecular weight excluding hydrogens is 324 g/mol. The van der Waals surface area contributed by atoms with E-state index in [9.17, 15) is 10.1 Å². The van der Waals surface area contributed by atoms with Crippen LogP contribution in [0.4, 0.5) is 10.5 Å². The van der Waals surface area contributed by atoms with Crippen molar-refractivity contribution in [2.75, 3.05) is 4.90 Å². The lowest BCUT2D eigenvalue weighted by Crippen LogP contribution is -2.37. The third-order valence-electron chi connectivity index (χ3n) is 4.49. The monoisotopic (exact) mass is 340 g/mol. The molecule has 3 aromatic carbocycles. The Morgan fingerprint density at radius 3 is 2.35 bits per heavy atom. The molecule has 126 valence electrons. The number of benzene rings is 3. The van der Waals surface area contributed by atoms with Gasteiger partial charge in [0, 0.05) is 5.56 Å². The number of rotatable bonds is 2. The van der Waals surface area contributed by atoms with E-state index in [2.05, 4.69) is 6.07 Å². The molecule has 1 aliphatic heterocycles. The van der Waals surface area contributed by atoms with Crippen LogP contribution in [0.15, 0.2) is 78.9 Å². The number of carbonyl (C=O) groups is 1. The maximum absolute atomic E-state index is 12.9. The van der Waals surface area contributed by atoms with Gasteiger partial charge in [0.25, 0.3) is 0 Å². The summed E-state index contributed by atoms with van der Waals surface area (Å²) in [6, 6.07) is 26.3.